The molecule has 23 heavy (non-hydrogen) atoms. The van der Waals surface area contributed by atoms with Crippen LogP contribution in [0.15, 0.2) is 18.2 Å². The van der Waals surface area contributed by atoms with Gasteiger partial charge in [-0.2, -0.15) is 0 Å². The van der Waals surface area contributed by atoms with Crippen LogP contribution < -0.4 is 4.74 Å². The molecule has 1 N–H and O–H groups in total. The highest BCUT2D eigenvalue weighted by atomic mass is 19.1. The Labute approximate surface area is 133 Å². The molecule has 0 bridgehead atoms. The van der Waals surface area contributed by atoms with E-state index in [1.165, 1.54) is 18.1 Å². The van der Waals surface area contributed by atoms with Gasteiger partial charge < -0.3 is 19.5 Å². The van der Waals surface area contributed by atoms with Crippen LogP contribution in [-0.4, -0.2) is 54.8 Å². The second-order valence-corrected chi connectivity index (χ2v) is 5.35. The zero-order chi connectivity index (χ0) is 16.8. The molecule has 7 heteroatoms. The molecule has 1 saturated heterocycles. The standard InChI is InChI=1S/C16H20FNO5/c1-22-13-4-2-3-11(16(13)17)5-6-14(19)18-7-8-23-10-12(18)9-15(20)21/h2-4,12H,5-10H2,1H3,(H,20,21). The van der Waals surface area contributed by atoms with Crippen LogP contribution in [0.25, 0.3) is 0 Å². The molecular weight excluding hydrogens is 305 g/mol. The minimum absolute atomic E-state index is 0.111. The maximum absolute atomic E-state index is 14.1. The third kappa shape index (κ3) is 4.41. The summed E-state index contributed by atoms with van der Waals surface area (Å²) in [4.78, 5) is 24.7. The fraction of sp³-hybridized carbons (Fsp3) is 0.500. The molecule has 1 unspecified atom stereocenters. The average Bonchev–Trinajstić information content (AvgIpc) is 2.53. The molecule has 6 nitrogen and oxygen atoms in total. The topological polar surface area (TPSA) is 76.1 Å². The smallest absolute Gasteiger partial charge is 0.305 e. The summed E-state index contributed by atoms with van der Waals surface area (Å²) < 4.78 is 24.2. The first-order chi connectivity index (χ1) is 11.0. The van der Waals surface area contributed by atoms with E-state index in [0.717, 1.165) is 0 Å². The Morgan fingerprint density at radius 2 is 2.26 bits per heavy atom. The van der Waals surface area contributed by atoms with Crippen LogP contribution in [0, 0.1) is 5.82 Å². The van der Waals surface area contributed by atoms with Crippen LogP contribution >= 0.6 is 0 Å². The normalized spacial score (nSPS) is 17.8. The van der Waals surface area contributed by atoms with Crippen molar-refractivity contribution < 1.29 is 28.6 Å². The Balaban J connectivity index is 1.99. The molecular formula is C16H20FNO5. The Morgan fingerprint density at radius 1 is 1.48 bits per heavy atom. The van der Waals surface area contributed by atoms with Crippen LogP contribution in [0.1, 0.15) is 18.4 Å². The summed E-state index contributed by atoms with van der Waals surface area (Å²) in [5.74, 6) is -1.49. The van der Waals surface area contributed by atoms with E-state index in [2.05, 4.69) is 0 Å². The molecule has 0 radical (unpaired) electrons. The number of ether oxygens (including phenoxy) is 2. The number of hydrogen-bond acceptors (Lipinski definition) is 4. The molecule has 0 aliphatic carbocycles. The second-order valence-electron chi connectivity index (χ2n) is 5.35. The van der Waals surface area contributed by atoms with Gasteiger partial charge in [-0.3, -0.25) is 9.59 Å². The van der Waals surface area contributed by atoms with Crippen molar-refractivity contribution in [2.24, 2.45) is 0 Å². The van der Waals surface area contributed by atoms with Crippen molar-refractivity contribution in [2.45, 2.75) is 25.3 Å². The number of morpholine rings is 1. The summed E-state index contributed by atoms with van der Waals surface area (Å²) in [5, 5.41) is 8.91. The molecule has 1 aliphatic heterocycles. The van der Waals surface area contributed by atoms with Crippen molar-refractivity contribution in [2.75, 3.05) is 26.9 Å². The molecule has 0 saturated carbocycles. The van der Waals surface area contributed by atoms with E-state index in [9.17, 15) is 14.0 Å². The fourth-order valence-corrected chi connectivity index (χ4v) is 2.65. The van der Waals surface area contributed by atoms with Gasteiger partial charge in [-0.05, 0) is 18.1 Å². The number of benzene rings is 1. The van der Waals surface area contributed by atoms with Crippen molar-refractivity contribution in [1.29, 1.82) is 0 Å². The summed E-state index contributed by atoms with van der Waals surface area (Å²) in [6, 6.07) is 4.33. The Hall–Kier alpha value is -2.15. The number of amides is 1. The van der Waals surface area contributed by atoms with Crippen molar-refractivity contribution in [3.05, 3.63) is 29.6 Å². The summed E-state index contributed by atoms with van der Waals surface area (Å²) in [7, 11) is 1.39. The summed E-state index contributed by atoms with van der Waals surface area (Å²) in [6.45, 7) is 0.957. The Bertz CT molecular complexity index is 578. The number of carboxylic acid groups (broad SMARTS) is 1. The summed E-state index contributed by atoms with van der Waals surface area (Å²) >= 11 is 0. The number of carbonyl (C=O) groups is 2. The van der Waals surface area contributed by atoms with Gasteiger partial charge in [-0.25, -0.2) is 4.39 Å². The largest absolute Gasteiger partial charge is 0.494 e. The van der Waals surface area contributed by atoms with Gasteiger partial charge in [-0.1, -0.05) is 12.1 Å². The molecule has 1 aromatic rings. The lowest BCUT2D eigenvalue weighted by molar-refractivity contribution is -0.146. The van der Waals surface area contributed by atoms with Gasteiger partial charge in [-0.15, -0.1) is 0 Å². The van der Waals surface area contributed by atoms with Crippen LogP contribution in [0.4, 0.5) is 4.39 Å². The third-order valence-electron chi connectivity index (χ3n) is 3.83. The van der Waals surface area contributed by atoms with Gasteiger partial charge in [0.15, 0.2) is 11.6 Å². The Kier molecular flexibility index (Phi) is 5.92. The van der Waals surface area contributed by atoms with E-state index in [4.69, 9.17) is 14.6 Å². The van der Waals surface area contributed by atoms with Crippen LogP contribution in [0.3, 0.4) is 0 Å². The minimum Gasteiger partial charge on any atom is -0.494 e. The highest BCUT2D eigenvalue weighted by molar-refractivity contribution is 5.78. The third-order valence-corrected chi connectivity index (χ3v) is 3.83. The molecule has 1 aliphatic rings. The fourth-order valence-electron chi connectivity index (χ4n) is 2.65. The van der Waals surface area contributed by atoms with Gasteiger partial charge >= 0.3 is 5.97 Å². The minimum atomic E-state index is -0.975. The van der Waals surface area contributed by atoms with Gasteiger partial charge in [0.1, 0.15) is 0 Å². The second kappa shape index (κ2) is 7.92. The Morgan fingerprint density at radius 3 is 2.96 bits per heavy atom. The number of aliphatic carboxylic acids is 1. The van der Waals surface area contributed by atoms with E-state index in [-0.39, 0.29) is 37.5 Å². The predicted octanol–water partition coefficient (Wildman–Crippen LogP) is 1.47. The van der Waals surface area contributed by atoms with Crippen LogP contribution in [0.2, 0.25) is 0 Å². The molecule has 1 atom stereocenters. The first kappa shape index (κ1) is 17.2. The summed E-state index contributed by atoms with van der Waals surface area (Å²) in [6.07, 6.45) is 0.193. The van der Waals surface area contributed by atoms with Crippen molar-refractivity contribution in [3.8, 4) is 5.75 Å². The van der Waals surface area contributed by atoms with Crippen LogP contribution in [0.5, 0.6) is 5.75 Å². The average molecular weight is 325 g/mol. The molecule has 1 amide bonds. The van der Waals surface area contributed by atoms with Crippen molar-refractivity contribution >= 4 is 11.9 Å². The van der Waals surface area contributed by atoms with Gasteiger partial charge in [0.05, 0.1) is 32.8 Å². The molecule has 2 rings (SSSR count). The maximum atomic E-state index is 14.1. The zero-order valence-electron chi connectivity index (χ0n) is 13.0. The zero-order valence-corrected chi connectivity index (χ0v) is 13.0. The van der Waals surface area contributed by atoms with E-state index in [1.807, 2.05) is 0 Å². The van der Waals surface area contributed by atoms with Gasteiger partial charge in [0, 0.05) is 13.0 Å². The number of aryl methyl sites for hydroxylation is 1. The van der Waals surface area contributed by atoms with Gasteiger partial charge in [0.25, 0.3) is 0 Å². The highest BCUT2D eigenvalue weighted by Crippen LogP contribution is 2.21. The lowest BCUT2D eigenvalue weighted by Gasteiger charge is -2.35. The highest BCUT2D eigenvalue weighted by Gasteiger charge is 2.28. The van der Waals surface area contributed by atoms with E-state index >= 15 is 0 Å². The molecule has 1 fully saturated rings. The van der Waals surface area contributed by atoms with Gasteiger partial charge in [0.2, 0.25) is 5.91 Å². The number of carboxylic acids is 1. The number of nitrogens with zero attached hydrogens (tertiary/aromatic N) is 1. The molecule has 0 aromatic heterocycles. The van der Waals surface area contributed by atoms with E-state index < -0.39 is 17.8 Å². The summed E-state index contributed by atoms with van der Waals surface area (Å²) in [5.41, 5.74) is 0.403. The lowest BCUT2D eigenvalue weighted by atomic mass is 10.1. The number of halogens is 1. The molecule has 1 heterocycles. The molecule has 126 valence electrons. The number of carbonyl (C=O) groups excluding carboxylic acids is 1. The monoisotopic (exact) mass is 325 g/mol. The quantitative estimate of drug-likeness (QED) is 0.857. The van der Waals surface area contributed by atoms with Crippen molar-refractivity contribution in [1.82, 2.24) is 4.90 Å². The van der Waals surface area contributed by atoms with E-state index in [0.29, 0.717) is 18.7 Å². The van der Waals surface area contributed by atoms with Crippen molar-refractivity contribution in [3.63, 3.8) is 0 Å². The molecule has 0 spiro atoms. The van der Waals surface area contributed by atoms with Crippen LogP contribution in [-0.2, 0) is 20.7 Å². The number of methoxy groups -OCH3 is 1. The number of hydrogen-bond donors (Lipinski definition) is 1. The number of rotatable bonds is 6. The first-order valence-corrected chi connectivity index (χ1v) is 7.43. The van der Waals surface area contributed by atoms with E-state index in [1.54, 1.807) is 12.1 Å². The SMILES string of the molecule is COc1cccc(CCC(=O)N2CCOCC2CC(=O)O)c1F. The lowest BCUT2D eigenvalue weighted by Crippen LogP contribution is -2.49. The maximum Gasteiger partial charge on any atom is 0.305 e. The molecule has 1 aromatic carbocycles. The first-order valence-electron chi connectivity index (χ1n) is 7.43. The predicted molar refractivity (Wildman–Crippen MR) is 79.8 cm³/mol.